The standard InChI is InChI=1S/C11H17N3O4/c1-3-11(6-15,7-16)14-9-5-12-4-8(13-9)10(17)18-2/h4-5,15-16H,3,6-7H2,1-2H3,(H,13,14). The zero-order valence-electron chi connectivity index (χ0n) is 10.4. The molecule has 0 fully saturated rings. The van der Waals surface area contributed by atoms with Crippen molar-refractivity contribution in [2.24, 2.45) is 0 Å². The van der Waals surface area contributed by atoms with Crippen molar-refractivity contribution >= 4 is 11.8 Å². The summed E-state index contributed by atoms with van der Waals surface area (Å²) in [6.45, 7) is 1.30. The Labute approximate surface area is 105 Å². The molecule has 1 aromatic heterocycles. The van der Waals surface area contributed by atoms with Gasteiger partial charge in [0.05, 0.1) is 38.3 Å². The van der Waals surface area contributed by atoms with E-state index in [1.807, 2.05) is 6.92 Å². The molecule has 1 aromatic rings. The molecule has 0 aromatic carbocycles. The molecular formula is C11H17N3O4. The number of aromatic nitrogens is 2. The molecule has 3 N–H and O–H groups in total. The summed E-state index contributed by atoms with van der Waals surface area (Å²) in [6, 6.07) is 0. The number of nitrogens with zero attached hydrogens (tertiary/aromatic N) is 2. The molecule has 0 aliphatic carbocycles. The minimum Gasteiger partial charge on any atom is -0.464 e. The predicted molar refractivity (Wildman–Crippen MR) is 64.2 cm³/mol. The third-order valence-electron chi connectivity index (χ3n) is 2.70. The van der Waals surface area contributed by atoms with Crippen molar-refractivity contribution < 1.29 is 19.7 Å². The van der Waals surface area contributed by atoms with E-state index in [1.54, 1.807) is 0 Å². The summed E-state index contributed by atoms with van der Waals surface area (Å²) in [5.41, 5.74) is -0.827. The van der Waals surface area contributed by atoms with Gasteiger partial charge in [-0.15, -0.1) is 0 Å². The van der Waals surface area contributed by atoms with E-state index in [9.17, 15) is 15.0 Å². The molecule has 0 unspecified atom stereocenters. The molecule has 1 rings (SSSR count). The van der Waals surface area contributed by atoms with Gasteiger partial charge in [0, 0.05) is 0 Å². The minimum atomic E-state index is -0.885. The molecule has 7 heteroatoms. The number of ether oxygens (including phenoxy) is 1. The van der Waals surface area contributed by atoms with E-state index in [2.05, 4.69) is 20.0 Å². The van der Waals surface area contributed by atoms with Crippen molar-refractivity contribution in [3.63, 3.8) is 0 Å². The average molecular weight is 255 g/mol. The number of aliphatic hydroxyl groups is 2. The summed E-state index contributed by atoms with van der Waals surface area (Å²) < 4.78 is 4.53. The predicted octanol–water partition coefficient (Wildman–Crippen LogP) is -0.192. The first-order valence-corrected chi connectivity index (χ1v) is 5.51. The van der Waals surface area contributed by atoms with Gasteiger partial charge in [-0.05, 0) is 6.42 Å². The van der Waals surface area contributed by atoms with E-state index in [0.29, 0.717) is 12.2 Å². The Balaban J connectivity index is 2.93. The fourth-order valence-corrected chi connectivity index (χ4v) is 1.34. The average Bonchev–Trinajstić information content (AvgIpc) is 2.44. The molecule has 0 aliphatic heterocycles. The van der Waals surface area contributed by atoms with Crippen LogP contribution in [0, 0.1) is 0 Å². The normalized spacial score (nSPS) is 11.1. The summed E-state index contributed by atoms with van der Waals surface area (Å²) in [7, 11) is 1.25. The van der Waals surface area contributed by atoms with E-state index in [0.717, 1.165) is 0 Å². The largest absolute Gasteiger partial charge is 0.464 e. The molecule has 0 bridgehead atoms. The second kappa shape index (κ2) is 6.27. The maximum Gasteiger partial charge on any atom is 0.358 e. The number of aliphatic hydroxyl groups excluding tert-OH is 2. The molecule has 0 saturated carbocycles. The maximum atomic E-state index is 11.3. The number of anilines is 1. The number of rotatable bonds is 6. The first-order valence-electron chi connectivity index (χ1n) is 5.51. The van der Waals surface area contributed by atoms with Crippen LogP contribution in [0.3, 0.4) is 0 Å². The monoisotopic (exact) mass is 255 g/mol. The van der Waals surface area contributed by atoms with Crippen molar-refractivity contribution in [1.82, 2.24) is 9.97 Å². The van der Waals surface area contributed by atoms with Gasteiger partial charge in [-0.1, -0.05) is 6.92 Å². The zero-order chi connectivity index (χ0) is 13.6. The quantitative estimate of drug-likeness (QED) is 0.605. The summed E-state index contributed by atoms with van der Waals surface area (Å²) >= 11 is 0. The van der Waals surface area contributed by atoms with Crippen LogP contribution in [0.4, 0.5) is 5.82 Å². The molecule has 18 heavy (non-hydrogen) atoms. The van der Waals surface area contributed by atoms with Crippen LogP contribution >= 0.6 is 0 Å². The molecule has 100 valence electrons. The number of hydrogen-bond donors (Lipinski definition) is 3. The van der Waals surface area contributed by atoms with Crippen LogP contribution < -0.4 is 5.32 Å². The van der Waals surface area contributed by atoms with Crippen LogP contribution in [-0.4, -0.2) is 52.0 Å². The molecular weight excluding hydrogens is 238 g/mol. The molecule has 0 aliphatic rings. The third kappa shape index (κ3) is 3.14. The van der Waals surface area contributed by atoms with E-state index in [1.165, 1.54) is 19.5 Å². The lowest BCUT2D eigenvalue weighted by Crippen LogP contribution is -2.45. The number of methoxy groups -OCH3 is 1. The Morgan fingerprint density at radius 2 is 2.11 bits per heavy atom. The van der Waals surface area contributed by atoms with Crippen LogP contribution in [0.5, 0.6) is 0 Å². The second-order valence-corrected chi connectivity index (χ2v) is 3.86. The highest BCUT2D eigenvalue weighted by Gasteiger charge is 2.27. The summed E-state index contributed by atoms with van der Waals surface area (Å²) in [5.74, 6) is -0.302. The Morgan fingerprint density at radius 3 is 2.61 bits per heavy atom. The number of carbonyl (C=O) groups excluding carboxylic acids is 1. The Morgan fingerprint density at radius 1 is 1.44 bits per heavy atom. The number of esters is 1. The molecule has 1 heterocycles. The van der Waals surface area contributed by atoms with Gasteiger partial charge in [-0.2, -0.15) is 0 Å². The van der Waals surface area contributed by atoms with Crippen molar-refractivity contribution in [1.29, 1.82) is 0 Å². The zero-order valence-corrected chi connectivity index (χ0v) is 10.4. The van der Waals surface area contributed by atoms with Crippen LogP contribution in [-0.2, 0) is 4.74 Å². The number of hydrogen-bond acceptors (Lipinski definition) is 7. The van der Waals surface area contributed by atoms with E-state index in [-0.39, 0.29) is 18.9 Å². The Hall–Kier alpha value is -1.73. The van der Waals surface area contributed by atoms with Gasteiger partial charge >= 0.3 is 5.97 Å². The van der Waals surface area contributed by atoms with Gasteiger partial charge in [0.1, 0.15) is 5.82 Å². The highest BCUT2D eigenvalue weighted by Crippen LogP contribution is 2.16. The van der Waals surface area contributed by atoms with Gasteiger partial charge in [0.25, 0.3) is 0 Å². The van der Waals surface area contributed by atoms with E-state index < -0.39 is 11.5 Å². The van der Waals surface area contributed by atoms with Crippen molar-refractivity contribution in [2.45, 2.75) is 18.9 Å². The van der Waals surface area contributed by atoms with Gasteiger partial charge < -0.3 is 20.3 Å². The molecule has 0 atom stereocenters. The smallest absolute Gasteiger partial charge is 0.358 e. The molecule has 0 amide bonds. The third-order valence-corrected chi connectivity index (χ3v) is 2.70. The highest BCUT2D eigenvalue weighted by molar-refractivity contribution is 5.87. The fourth-order valence-electron chi connectivity index (χ4n) is 1.34. The number of nitrogens with one attached hydrogen (secondary N) is 1. The lowest BCUT2D eigenvalue weighted by molar-refractivity contribution is 0.0593. The lowest BCUT2D eigenvalue weighted by Gasteiger charge is -2.30. The maximum absolute atomic E-state index is 11.3. The van der Waals surface area contributed by atoms with Gasteiger partial charge in [-0.25, -0.2) is 9.78 Å². The SMILES string of the molecule is CCC(CO)(CO)Nc1cncc(C(=O)OC)n1. The Bertz CT molecular complexity index is 399. The van der Waals surface area contributed by atoms with Gasteiger partial charge in [0.2, 0.25) is 0 Å². The second-order valence-electron chi connectivity index (χ2n) is 3.86. The van der Waals surface area contributed by atoms with Crippen LogP contribution in [0.2, 0.25) is 0 Å². The van der Waals surface area contributed by atoms with Crippen molar-refractivity contribution in [3.05, 3.63) is 18.1 Å². The highest BCUT2D eigenvalue weighted by atomic mass is 16.5. The molecule has 0 spiro atoms. The van der Waals surface area contributed by atoms with Gasteiger partial charge in [0.15, 0.2) is 5.69 Å². The van der Waals surface area contributed by atoms with E-state index in [4.69, 9.17) is 0 Å². The first-order chi connectivity index (χ1) is 8.60. The van der Waals surface area contributed by atoms with Gasteiger partial charge in [-0.3, -0.25) is 4.98 Å². The summed E-state index contributed by atoms with van der Waals surface area (Å²) in [5, 5.41) is 21.5. The molecule has 7 nitrogen and oxygen atoms in total. The van der Waals surface area contributed by atoms with Crippen molar-refractivity contribution in [3.8, 4) is 0 Å². The topological polar surface area (TPSA) is 105 Å². The minimum absolute atomic E-state index is 0.0587. The van der Waals surface area contributed by atoms with E-state index >= 15 is 0 Å². The fraction of sp³-hybridized carbons (Fsp3) is 0.545. The number of carbonyl (C=O) groups is 1. The van der Waals surface area contributed by atoms with Crippen LogP contribution in [0.1, 0.15) is 23.8 Å². The first kappa shape index (κ1) is 14.3. The molecule has 0 saturated heterocycles. The van der Waals surface area contributed by atoms with Crippen LogP contribution in [0.25, 0.3) is 0 Å². The summed E-state index contributed by atoms with van der Waals surface area (Å²) in [4.78, 5) is 19.1. The van der Waals surface area contributed by atoms with Crippen LogP contribution in [0.15, 0.2) is 12.4 Å². The van der Waals surface area contributed by atoms with Crippen molar-refractivity contribution in [2.75, 3.05) is 25.6 Å². The lowest BCUT2D eigenvalue weighted by atomic mass is 9.99. The molecule has 0 radical (unpaired) electrons. The Kier molecular flexibility index (Phi) is 4.99. The summed E-state index contributed by atoms with van der Waals surface area (Å²) in [6.07, 6.45) is 3.18.